The summed E-state index contributed by atoms with van der Waals surface area (Å²) < 4.78 is 4.74. The Kier molecular flexibility index (Phi) is 6.15. The molecule has 0 unspecified atom stereocenters. The number of hydrogen-bond donors (Lipinski definition) is 3. The molecule has 0 spiro atoms. The molecule has 0 saturated heterocycles. The molecule has 1 aromatic rings. The van der Waals surface area contributed by atoms with Crippen molar-refractivity contribution < 1.29 is 19.4 Å². The number of benzene rings is 1. The molecular formula is C17H26N2O4. The van der Waals surface area contributed by atoms with E-state index in [0.717, 1.165) is 11.1 Å². The van der Waals surface area contributed by atoms with Crippen molar-refractivity contribution in [2.45, 2.75) is 51.6 Å². The number of nitrogens with two attached hydrogens (primary N) is 1. The quantitative estimate of drug-likeness (QED) is 0.708. The topological polar surface area (TPSA) is 102 Å². The Labute approximate surface area is 137 Å². The van der Waals surface area contributed by atoms with Crippen LogP contribution in [0.3, 0.4) is 0 Å². The number of amides is 1. The minimum absolute atomic E-state index is 0.204. The van der Waals surface area contributed by atoms with E-state index in [0.29, 0.717) is 0 Å². The molecule has 0 heterocycles. The largest absolute Gasteiger partial charge is 0.508 e. The molecular weight excluding hydrogens is 296 g/mol. The SMILES string of the molecule is COC(=O)[C@H](Cc1ccc(O)c(C(C)(C)C)c1)NC(=O)[C@H](C)N. The molecule has 23 heavy (non-hydrogen) atoms. The molecule has 4 N–H and O–H groups in total. The molecule has 0 radical (unpaired) electrons. The molecule has 0 aliphatic rings. The Morgan fingerprint density at radius 3 is 2.43 bits per heavy atom. The zero-order chi connectivity index (χ0) is 17.8. The van der Waals surface area contributed by atoms with Crippen LogP contribution < -0.4 is 11.1 Å². The highest BCUT2D eigenvalue weighted by atomic mass is 16.5. The van der Waals surface area contributed by atoms with Gasteiger partial charge in [0.05, 0.1) is 13.2 Å². The van der Waals surface area contributed by atoms with Gasteiger partial charge in [0, 0.05) is 6.42 Å². The predicted molar refractivity (Wildman–Crippen MR) is 88.1 cm³/mol. The Morgan fingerprint density at radius 1 is 1.35 bits per heavy atom. The Balaban J connectivity index is 3.04. The van der Waals surface area contributed by atoms with Crippen molar-refractivity contribution in [2.75, 3.05) is 7.11 Å². The van der Waals surface area contributed by atoms with Gasteiger partial charge in [0.1, 0.15) is 11.8 Å². The summed E-state index contributed by atoms with van der Waals surface area (Å²) in [4.78, 5) is 23.7. The number of hydrogen-bond acceptors (Lipinski definition) is 5. The molecule has 0 aliphatic carbocycles. The maximum atomic E-state index is 11.9. The lowest BCUT2D eigenvalue weighted by molar-refractivity contribution is -0.145. The highest BCUT2D eigenvalue weighted by Crippen LogP contribution is 2.31. The Morgan fingerprint density at radius 2 is 1.96 bits per heavy atom. The summed E-state index contributed by atoms with van der Waals surface area (Å²) in [6.45, 7) is 7.51. The van der Waals surface area contributed by atoms with Crippen LogP contribution in [0.25, 0.3) is 0 Å². The second-order valence-corrected chi connectivity index (χ2v) is 6.68. The summed E-state index contributed by atoms with van der Waals surface area (Å²) in [5.41, 5.74) is 6.87. The van der Waals surface area contributed by atoms with Crippen molar-refractivity contribution in [3.8, 4) is 5.75 Å². The fourth-order valence-corrected chi connectivity index (χ4v) is 2.19. The second-order valence-electron chi connectivity index (χ2n) is 6.68. The number of carbonyl (C=O) groups is 2. The molecule has 128 valence electrons. The highest BCUT2D eigenvalue weighted by Gasteiger charge is 2.25. The van der Waals surface area contributed by atoms with E-state index in [1.807, 2.05) is 26.8 Å². The van der Waals surface area contributed by atoms with Crippen molar-refractivity contribution in [1.29, 1.82) is 0 Å². The number of aromatic hydroxyl groups is 1. The Hall–Kier alpha value is -2.08. The average molecular weight is 322 g/mol. The molecule has 2 atom stereocenters. The second kappa shape index (κ2) is 7.46. The standard InChI is InChI=1S/C17H26N2O4/c1-10(18)15(21)19-13(16(22)23-5)9-11-6-7-14(20)12(8-11)17(2,3)4/h6-8,10,13,20H,9,18H2,1-5H3,(H,19,21)/t10-,13-/m0/s1. The van der Waals surface area contributed by atoms with Crippen molar-refractivity contribution >= 4 is 11.9 Å². The van der Waals surface area contributed by atoms with E-state index < -0.39 is 24.0 Å². The van der Waals surface area contributed by atoms with Crippen LogP contribution in [-0.4, -0.2) is 36.2 Å². The van der Waals surface area contributed by atoms with Crippen molar-refractivity contribution in [3.05, 3.63) is 29.3 Å². The van der Waals surface area contributed by atoms with Gasteiger partial charge in [-0.15, -0.1) is 0 Å². The summed E-state index contributed by atoms with van der Waals surface area (Å²) in [5.74, 6) is -0.755. The van der Waals surface area contributed by atoms with Gasteiger partial charge in [-0.2, -0.15) is 0 Å². The summed E-state index contributed by atoms with van der Waals surface area (Å²) in [5, 5.41) is 12.6. The predicted octanol–water partition coefficient (Wildman–Crippen LogP) is 1.24. The molecule has 0 fully saturated rings. The van der Waals surface area contributed by atoms with Crippen molar-refractivity contribution in [3.63, 3.8) is 0 Å². The van der Waals surface area contributed by atoms with Gasteiger partial charge in [0.25, 0.3) is 0 Å². The van der Waals surface area contributed by atoms with E-state index in [1.165, 1.54) is 7.11 Å². The number of methoxy groups -OCH3 is 1. The molecule has 6 heteroatoms. The fourth-order valence-electron chi connectivity index (χ4n) is 2.19. The van der Waals surface area contributed by atoms with Gasteiger partial charge in [-0.1, -0.05) is 32.9 Å². The fraction of sp³-hybridized carbons (Fsp3) is 0.529. The molecule has 0 saturated carbocycles. The maximum Gasteiger partial charge on any atom is 0.328 e. The van der Waals surface area contributed by atoms with E-state index in [1.54, 1.807) is 19.1 Å². The molecule has 0 aliphatic heterocycles. The number of phenols is 1. The summed E-state index contributed by atoms with van der Waals surface area (Å²) in [6.07, 6.45) is 0.258. The molecule has 6 nitrogen and oxygen atoms in total. The van der Waals surface area contributed by atoms with Crippen LogP contribution in [-0.2, 0) is 26.2 Å². The summed E-state index contributed by atoms with van der Waals surface area (Å²) in [7, 11) is 1.27. The van der Waals surface area contributed by atoms with Crippen LogP contribution in [0.15, 0.2) is 18.2 Å². The van der Waals surface area contributed by atoms with Gasteiger partial charge in [0.2, 0.25) is 5.91 Å². The van der Waals surface area contributed by atoms with Crippen LogP contribution in [0, 0.1) is 0 Å². The number of nitrogens with one attached hydrogen (secondary N) is 1. The monoisotopic (exact) mass is 322 g/mol. The van der Waals surface area contributed by atoms with E-state index in [2.05, 4.69) is 5.32 Å². The van der Waals surface area contributed by atoms with E-state index in [4.69, 9.17) is 10.5 Å². The summed E-state index contributed by atoms with van der Waals surface area (Å²) >= 11 is 0. The Bertz CT molecular complexity index is 576. The van der Waals surface area contributed by atoms with Gasteiger partial charge >= 0.3 is 5.97 Å². The van der Waals surface area contributed by atoms with Crippen LogP contribution in [0.5, 0.6) is 5.75 Å². The van der Waals surface area contributed by atoms with Gasteiger partial charge in [-0.25, -0.2) is 4.79 Å². The first-order chi connectivity index (χ1) is 10.6. The van der Waals surface area contributed by atoms with Gasteiger partial charge in [0.15, 0.2) is 0 Å². The zero-order valence-electron chi connectivity index (χ0n) is 14.3. The van der Waals surface area contributed by atoms with Gasteiger partial charge in [-0.05, 0) is 29.5 Å². The average Bonchev–Trinajstić information content (AvgIpc) is 2.46. The molecule has 1 amide bonds. The van der Waals surface area contributed by atoms with Gasteiger partial charge in [-0.3, -0.25) is 4.79 Å². The minimum Gasteiger partial charge on any atom is -0.508 e. The van der Waals surface area contributed by atoms with E-state index in [9.17, 15) is 14.7 Å². The minimum atomic E-state index is -0.823. The first kappa shape index (κ1) is 19.0. The number of ether oxygens (including phenoxy) is 1. The lowest BCUT2D eigenvalue weighted by Crippen LogP contribution is -2.48. The number of rotatable bonds is 5. The lowest BCUT2D eigenvalue weighted by atomic mass is 9.85. The molecule has 0 bridgehead atoms. The first-order valence-electron chi connectivity index (χ1n) is 7.52. The van der Waals surface area contributed by atoms with Crippen LogP contribution in [0.4, 0.5) is 0 Å². The van der Waals surface area contributed by atoms with Crippen molar-refractivity contribution in [2.24, 2.45) is 5.73 Å². The third-order valence-corrected chi connectivity index (χ3v) is 3.52. The number of carbonyl (C=O) groups excluding carboxylic acids is 2. The third kappa shape index (κ3) is 5.25. The molecule has 1 rings (SSSR count). The smallest absolute Gasteiger partial charge is 0.328 e. The first-order valence-corrected chi connectivity index (χ1v) is 7.52. The maximum absolute atomic E-state index is 11.9. The van der Waals surface area contributed by atoms with E-state index in [-0.39, 0.29) is 17.6 Å². The van der Waals surface area contributed by atoms with Crippen molar-refractivity contribution in [1.82, 2.24) is 5.32 Å². The highest BCUT2D eigenvalue weighted by molar-refractivity contribution is 5.87. The lowest BCUT2D eigenvalue weighted by Gasteiger charge is -2.23. The normalized spacial score (nSPS) is 14.0. The molecule has 1 aromatic carbocycles. The number of esters is 1. The van der Waals surface area contributed by atoms with Crippen LogP contribution >= 0.6 is 0 Å². The van der Waals surface area contributed by atoms with Crippen LogP contribution in [0.1, 0.15) is 38.8 Å². The van der Waals surface area contributed by atoms with Gasteiger partial charge < -0.3 is 20.9 Å². The summed E-state index contributed by atoms with van der Waals surface area (Å²) in [6, 6.07) is 3.61. The molecule has 0 aromatic heterocycles. The number of phenolic OH excluding ortho intramolecular Hbond substituents is 1. The van der Waals surface area contributed by atoms with Crippen LogP contribution in [0.2, 0.25) is 0 Å². The van der Waals surface area contributed by atoms with E-state index >= 15 is 0 Å². The third-order valence-electron chi connectivity index (χ3n) is 3.52. The zero-order valence-corrected chi connectivity index (χ0v) is 14.3.